The number of carbonyl (C=O) groups excluding carboxylic acids is 3. The van der Waals surface area contributed by atoms with E-state index in [1.807, 2.05) is 13.8 Å². The van der Waals surface area contributed by atoms with Crippen LogP contribution in [0.15, 0.2) is 12.2 Å². The molecule has 0 N–H and O–H groups in total. The van der Waals surface area contributed by atoms with Crippen LogP contribution >= 0.6 is 0 Å². The molecule has 0 saturated heterocycles. The van der Waals surface area contributed by atoms with Gasteiger partial charge in [-0.25, -0.2) is 4.79 Å². The Hall–Kier alpha value is -1.85. The quantitative estimate of drug-likeness (QED) is 0.349. The van der Waals surface area contributed by atoms with Crippen molar-refractivity contribution < 1.29 is 28.6 Å². The summed E-state index contributed by atoms with van der Waals surface area (Å²) in [5.74, 6) is -1.37. The Labute approximate surface area is 125 Å². The Balaban J connectivity index is 4.39. The van der Waals surface area contributed by atoms with Crippen LogP contribution in [0.2, 0.25) is 0 Å². The summed E-state index contributed by atoms with van der Waals surface area (Å²) < 4.78 is 15.0. The zero-order valence-electron chi connectivity index (χ0n) is 13.0. The lowest BCUT2D eigenvalue weighted by molar-refractivity contribution is -0.165. The molecule has 0 aliphatic rings. The highest BCUT2D eigenvalue weighted by atomic mass is 16.6. The molecule has 0 fully saturated rings. The Morgan fingerprint density at radius 1 is 0.952 bits per heavy atom. The molecule has 0 heterocycles. The maximum absolute atomic E-state index is 11.5. The second-order valence-corrected chi connectivity index (χ2v) is 4.67. The highest BCUT2D eigenvalue weighted by Gasteiger charge is 2.19. The maximum Gasteiger partial charge on any atom is 0.333 e. The van der Waals surface area contributed by atoms with Crippen LogP contribution in [-0.2, 0) is 28.6 Å². The monoisotopic (exact) mass is 300 g/mol. The first-order valence-electron chi connectivity index (χ1n) is 7.08. The number of esters is 3. The van der Waals surface area contributed by atoms with Crippen molar-refractivity contribution in [3.63, 3.8) is 0 Å². The predicted octanol–water partition coefficient (Wildman–Crippen LogP) is 2.16. The molecule has 0 aromatic rings. The van der Waals surface area contributed by atoms with Gasteiger partial charge < -0.3 is 14.2 Å². The first-order valence-corrected chi connectivity index (χ1v) is 7.08. The minimum atomic E-state index is -0.798. The van der Waals surface area contributed by atoms with Crippen LogP contribution in [0.25, 0.3) is 0 Å². The Kier molecular flexibility index (Phi) is 9.92. The standard InChI is InChI=1S/C15H24O6/c1-5-7-13(16)19-9-12(21-14(17)8-6-2)10-20-15(18)11(3)4/h12H,3,5-10H2,1-2,4H3. The average molecular weight is 300 g/mol. The van der Waals surface area contributed by atoms with Crippen LogP contribution in [-0.4, -0.2) is 37.2 Å². The second-order valence-electron chi connectivity index (χ2n) is 4.67. The SMILES string of the molecule is C=C(C)C(=O)OCC(COC(=O)CCC)OC(=O)CCC. The van der Waals surface area contributed by atoms with Gasteiger partial charge in [-0.3, -0.25) is 9.59 Å². The van der Waals surface area contributed by atoms with E-state index in [-0.39, 0.29) is 31.2 Å². The third kappa shape index (κ3) is 9.65. The summed E-state index contributed by atoms with van der Waals surface area (Å²) in [6, 6.07) is 0. The summed E-state index contributed by atoms with van der Waals surface area (Å²) in [6.07, 6.45) is 1.07. The molecule has 0 aliphatic carbocycles. The van der Waals surface area contributed by atoms with Crippen molar-refractivity contribution >= 4 is 17.9 Å². The van der Waals surface area contributed by atoms with Crippen molar-refractivity contribution in [3.05, 3.63) is 12.2 Å². The fourth-order valence-corrected chi connectivity index (χ4v) is 1.32. The molecule has 120 valence electrons. The lowest BCUT2D eigenvalue weighted by Crippen LogP contribution is -2.30. The van der Waals surface area contributed by atoms with Crippen molar-refractivity contribution in [2.75, 3.05) is 13.2 Å². The van der Waals surface area contributed by atoms with E-state index < -0.39 is 18.0 Å². The van der Waals surface area contributed by atoms with Crippen molar-refractivity contribution in [1.82, 2.24) is 0 Å². The van der Waals surface area contributed by atoms with Gasteiger partial charge in [0.1, 0.15) is 13.2 Å². The molecule has 0 spiro atoms. The molecular formula is C15H24O6. The van der Waals surface area contributed by atoms with Crippen LogP contribution in [0.3, 0.4) is 0 Å². The van der Waals surface area contributed by atoms with Crippen LogP contribution in [0.1, 0.15) is 46.5 Å². The van der Waals surface area contributed by atoms with Gasteiger partial charge in [0.2, 0.25) is 0 Å². The van der Waals surface area contributed by atoms with Gasteiger partial charge in [-0.15, -0.1) is 0 Å². The highest BCUT2D eigenvalue weighted by molar-refractivity contribution is 5.86. The summed E-state index contributed by atoms with van der Waals surface area (Å²) in [5, 5.41) is 0. The first-order chi connectivity index (χ1) is 9.90. The van der Waals surface area contributed by atoms with Crippen LogP contribution < -0.4 is 0 Å². The molecule has 0 aromatic heterocycles. The van der Waals surface area contributed by atoms with Crippen molar-refractivity contribution in [1.29, 1.82) is 0 Å². The molecule has 0 rings (SSSR count). The molecule has 1 unspecified atom stereocenters. The Bertz CT molecular complexity index is 374. The first kappa shape index (κ1) is 19.1. The smallest absolute Gasteiger partial charge is 0.333 e. The fraction of sp³-hybridized carbons (Fsp3) is 0.667. The third-order valence-electron chi connectivity index (χ3n) is 2.39. The van der Waals surface area contributed by atoms with Gasteiger partial charge in [0.25, 0.3) is 0 Å². The van der Waals surface area contributed by atoms with Crippen molar-refractivity contribution in [2.45, 2.75) is 52.6 Å². The zero-order valence-corrected chi connectivity index (χ0v) is 13.0. The second kappa shape index (κ2) is 10.9. The van der Waals surface area contributed by atoms with Crippen molar-refractivity contribution in [2.24, 2.45) is 0 Å². The number of hydrogen-bond acceptors (Lipinski definition) is 6. The number of rotatable bonds is 10. The van der Waals surface area contributed by atoms with Crippen LogP contribution in [0, 0.1) is 0 Å². The molecule has 1 atom stereocenters. The molecule has 0 aromatic carbocycles. The van der Waals surface area contributed by atoms with Gasteiger partial charge in [0.15, 0.2) is 6.10 Å². The van der Waals surface area contributed by atoms with E-state index in [1.165, 1.54) is 6.92 Å². The van der Waals surface area contributed by atoms with Gasteiger partial charge in [0.05, 0.1) is 0 Å². The Morgan fingerprint density at radius 2 is 1.48 bits per heavy atom. The summed E-state index contributed by atoms with van der Waals surface area (Å²) >= 11 is 0. The van der Waals surface area contributed by atoms with Gasteiger partial charge in [-0.1, -0.05) is 20.4 Å². The molecular weight excluding hydrogens is 276 g/mol. The molecule has 0 saturated carbocycles. The number of hydrogen-bond donors (Lipinski definition) is 0. The summed E-state index contributed by atoms with van der Waals surface area (Å²) in [4.78, 5) is 34.1. The largest absolute Gasteiger partial charge is 0.462 e. The van der Waals surface area contributed by atoms with E-state index in [2.05, 4.69) is 6.58 Å². The molecule has 21 heavy (non-hydrogen) atoms. The normalized spacial score (nSPS) is 11.4. The minimum Gasteiger partial charge on any atom is -0.462 e. The lowest BCUT2D eigenvalue weighted by atomic mass is 10.3. The molecule has 0 bridgehead atoms. The number of carbonyl (C=O) groups is 3. The maximum atomic E-state index is 11.5. The lowest BCUT2D eigenvalue weighted by Gasteiger charge is -2.18. The van der Waals surface area contributed by atoms with Gasteiger partial charge in [0, 0.05) is 18.4 Å². The summed E-state index contributed by atoms with van der Waals surface area (Å²) in [6.45, 7) is 8.38. The zero-order chi connectivity index (χ0) is 16.3. The topological polar surface area (TPSA) is 78.9 Å². The van der Waals surface area contributed by atoms with Crippen molar-refractivity contribution in [3.8, 4) is 0 Å². The minimum absolute atomic E-state index is 0.127. The fourth-order valence-electron chi connectivity index (χ4n) is 1.32. The summed E-state index contributed by atoms with van der Waals surface area (Å²) in [5.41, 5.74) is 0.247. The van der Waals surface area contributed by atoms with Gasteiger partial charge in [-0.2, -0.15) is 0 Å². The van der Waals surface area contributed by atoms with Gasteiger partial charge in [-0.05, 0) is 19.8 Å². The van der Waals surface area contributed by atoms with E-state index in [1.54, 1.807) is 0 Å². The molecule has 0 radical (unpaired) electrons. The molecule has 6 nitrogen and oxygen atoms in total. The Morgan fingerprint density at radius 3 is 2.00 bits per heavy atom. The van der Waals surface area contributed by atoms with E-state index >= 15 is 0 Å². The molecule has 6 heteroatoms. The van der Waals surface area contributed by atoms with E-state index in [4.69, 9.17) is 14.2 Å². The van der Waals surface area contributed by atoms with Crippen LogP contribution in [0.5, 0.6) is 0 Å². The molecule has 0 amide bonds. The van der Waals surface area contributed by atoms with E-state index in [0.717, 1.165) is 0 Å². The number of ether oxygens (including phenoxy) is 3. The predicted molar refractivity (Wildman–Crippen MR) is 76.4 cm³/mol. The van der Waals surface area contributed by atoms with E-state index in [9.17, 15) is 14.4 Å². The van der Waals surface area contributed by atoms with E-state index in [0.29, 0.717) is 19.3 Å². The third-order valence-corrected chi connectivity index (χ3v) is 2.39. The highest BCUT2D eigenvalue weighted by Crippen LogP contribution is 2.03. The summed E-state index contributed by atoms with van der Waals surface area (Å²) in [7, 11) is 0. The molecule has 0 aliphatic heterocycles. The van der Waals surface area contributed by atoms with Gasteiger partial charge >= 0.3 is 17.9 Å². The van der Waals surface area contributed by atoms with Crippen LogP contribution in [0.4, 0.5) is 0 Å². The average Bonchev–Trinajstić information content (AvgIpc) is 2.41.